The topological polar surface area (TPSA) is 25.8 Å². The number of hydrogen-bond acceptors (Lipinski definition) is 2. The van der Waals surface area contributed by atoms with Gasteiger partial charge in [0.05, 0.1) is 0 Å². The molecule has 4 aromatic carbocycles. The highest BCUT2D eigenvalue weighted by Gasteiger charge is 2.30. The van der Waals surface area contributed by atoms with Gasteiger partial charge in [-0.25, -0.2) is 0 Å². The van der Waals surface area contributed by atoms with Crippen molar-refractivity contribution in [3.63, 3.8) is 0 Å². The molecule has 0 bridgehead atoms. The van der Waals surface area contributed by atoms with Crippen LogP contribution < -0.4 is 0 Å². The van der Waals surface area contributed by atoms with Crippen LogP contribution in [0.5, 0.6) is 0 Å². The van der Waals surface area contributed by atoms with Gasteiger partial charge in [0.25, 0.3) is 0 Å². The Kier molecular flexibility index (Phi) is 7.80. The van der Waals surface area contributed by atoms with Crippen molar-refractivity contribution in [2.45, 2.75) is 26.2 Å². The Bertz CT molecular complexity index is 2060. The van der Waals surface area contributed by atoms with Gasteiger partial charge < -0.3 is 0 Å². The van der Waals surface area contributed by atoms with Crippen LogP contribution in [0, 0.1) is 5.92 Å². The largest absolute Gasteiger partial charge is 0.264 e. The molecule has 0 radical (unpaired) electrons. The predicted octanol–water partition coefficient (Wildman–Crippen LogP) is 11.2. The summed E-state index contributed by atoms with van der Waals surface area (Å²) in [5, 5.41) is 5.20. The molecule has 45 heavy (non-hydrogen) atoms. The van der Waals surface area contributed by atoms with E-state index in [0.29, 0.717) is 0 Å². The number of benzene rings is 4. The van der Waals surface area contributed by atoms with E-state index in [4.69, 9.17) is 0 Å². The number of aryl methyl sites for hydroxylation is 1. The molecule has 2 heteroatoms. The van der Waals surface area contributed by atoms with Crippen molar-refractivity contribution >= 4 is 27.1 Å². The number of pyridine rings is 2. The maximum Gasteiger partial charge on any atom is 0.0352 e. The zero-order chi connectivity index (χ0) is 30.8. The molecule has 0 spiro atoms. The summed E-state index contributed by atoms with van der Waals surface area (Å²) >= 11 is 0. The molecule has 0 amide bonds. The summed E-state index contributed by atoms with van der Waals surface area (Å²) in [6, 6.07) is 33.2. The Hall–Kier alpha value is -5.34. The number of hydrogen-bond donors (Lipinski definition) is 0. The predicted molar refractivity (Wildman–Crippen MR) is 191 cm³/mol. The summed E-state index contributed by atoms with van der Waals surface area (Å²) in [7, 11) is 0. The zero-order valence-corrected chi connectivity index (χ0v) is 25.8. The Morgan fingerprint density at radius 3 is 2.04 bits per heavy atom. The summed E-state index contributed by atoms with van der Waals surface area (Å²) in [5.74, 6) is 0.368. The standard InChI is InChI=1S/C43H36N2/c1-4-6-13-33-29(3)34(22-23-36(33)41-28-45-26-24-35(41)32-12-11-25-44-27-32)43-39-16-9-7-14-37(39)42(38-15-8-10-17-40(38)43)31-20-18-30(5-2)19-21-31/h4,6-29,34H,1,5H2,2-3H3/b13-6-. The Balaban J connectivity index is 1.44. The van der Waals surface area contributed by atoms with Crippen LogP contribution in [0.2, 0.25) is 0 Å². The summed E-state index contributed by atoms with van der Waals surface area (Å²) in [6.07, 6.45) is 19.5. The molecule has 2 aromatic heterocycles. The van der Waals surface area contributed by atoms with Crippen LogP contribution in [0.4, 0.5) is 0 Å². The molecule has 2 nitrogen and oxygen atoms in total. The molecule has 6 aromatic rings. The van der Waals surface area contributed by atoms with Gasteiger partial charge in [0.15, 0.2) is 0 Å². The van der Waals surface area contributed by atoms with Crippen molar-refractivity contribution < 1.29 is 0 Å². The van der Waals surface area contributed by atoms with Crippen LogP contribution in [0.3, 0.4) is 0 Å². The van der Waals surface area contributed by atoms with E-state index >= 15 is 0 Å². The first kappa shape index (κ1) is 28.4. The maximum absolute atomic E-state index is 4.56. The van der Waals surface area contributed by atoms with Crippen molar-refractivity contribution in [1.82, 2.24) is 9.97 Å². The van der Waals surface area contributed by atoms with Crippen LogP contribution >= 0.6 is 0 Å². The van der Waals surface area contributed by atoms with E-state index < -0.39 is 0 Å². The summed E-state index contributed by atoms with van der Waals surface area (Å²) < 4.78 is 0. The normalized spacial score (nSPS) is 16.6. The highest BCUT2D eigenvalue weighted by Crippen LogP contribution is 2.48. The SMILES string of the molecule is C=C/C=C\C1=C(c2cnccc2-c2cccnc2)C=CC(c2c3ccccc3c(-c3ccc(CC)cc3)c3ccccc23)C1C. The molecule has 0 aliphatic heterocycles. The third-order valence-electron chi connectivity index (χ3n) is 9.26. The molecule has 7 rings (SSSR count). The van der Waals surface area contributed by atoms with Gasteiger partial charge in [-0.3, -0.25) is 9.97 Å². The number of allylic oxidation sites excluding steroid dienone is 7. The molecule has 0 N–H and O–H groups in total. The lowest BCUT2D eigenvalue weighted by molar-refractivity contribution is 0.620. The molecular formula is C43H36N2. The number of rotatable bonds is 7. The van der Waals surface area contributed by atoms with Crippen LogP contribution in [0.15, 0.2) is 158 Å². The third kappa shape index (κ3) is 5.13. The number of fused-ring (bicyclic) bond motifs is 2. The summed E-state index contributed by atoms with van der Waals surface area (Å²) in [6.45, 7) is 8.56. The van der Waals surface area contributed by atoms with Crippen LogP contribution in [0.25, 0.3) is 49.4 Å². The maximum atomic E-state index is 4.56. The Labute approximate surface area is 265 Å². The highest BCUT2D eigenvalue weighted by atomic mass is 14.6. The van der Waals surface area contributed by atoms with Crippen molar-refractivity contribution in [3.05, 3.63) is 175 Å². The lowest BCUT2D eigenvalue weighted by Crippen LogP contribution is -2.16. The second kappa shape index (κ2) is 12.3. The molecule has 0 saturated carbocycles. The van der Waals surface area contributed by atoms with E-state index in [0.717, 1.165) is 23.1 Å². The van der Waals surface area contributed by atoms with Gasteiger partial charge in [-0.15, -0.1) is 0 Å². The van der Waals surface area contributed by atoms with E-state index in [2.05, 4.69) is 140 Å². The van der Waals surface area contributed by atoms with E-state index in [1.807, 2.05) is 36.9 Å². The lowest BCUT2D eigenvalue weighted by atomic mass is 9.72. The second-order valence-electron chi connectivity index (χ2n) is 11.7. The molecule has 1 aliphatic rings. The van der Waals surface area contributed by atoms with Crippen molar-refractivity contribution in [1.29, 1.82) is 0 Å². The van der Waals surface area contributed by atoms with E-state index in [1.165, 1.54) is 54.9 Å². The second-order valence-corrected chi connectivity index (χ2v) is 11.7. The molecule has 2 atom stereocenters. The van der Waals surface area contributed by atoms with Gasteiger partial charge in [0, 0.05) is 41.8 Å². The van der Waals surface area contributed by atoms with Gasteiger partial charge in [0.1, 0.15) is 0 Å². The first-order chi connectivity index (χ1) is 22.2. The monoisotopic (exact) mass is 580 g/mol. The fraction of sp³-hybridized carbons (Fsp3) is 0.116. The smallest absolute Gasteiger partial charge is 0.0352 e. The zero-order valence-electron chi connectivity index (χ0n) is 25.8. The third-order valence-corrected chi connectivity index (χ3v) is 9.26. The van der Waals surface area contributed by atoms with Crippen molar-refractivity contribution in [2.75, 3.05) is 0 Å². The first-order valence-electron chi connectivity index (χ1n) is 15.8. The van der Waals surface area contributed by atoms with Crippen LogP contribution in [-0.2, 0) is 6.42 Å². The number of aromatic nitrogens is 2. The summed E-state index contributed by atoms with van der Waals surface area (Å²) in [5.41, 5.74) is 11.1. The molecule has 0 saturated heterocycles. The Morgan fingerprint density at radius 1 is 0.711 bits per heavy atom. The quantitative estimate of drug-likeness (QED) is 0.139. The highest BCUT2D eigenvalue weighted by molar-refractivity contribution is 6.15. The average Bonchev–Trinajstić information content (AvgIpc) is 3.10. The molecule has 1 aliphatic carbocycles. The molecule has 2 unspecified atom stereocenters. The number of nitrogens with zero attached hydrogens (tertiary/aromatic N) is 2. The van der Waals surface area contributed by atoms with E-state index in [1.54, 1.807) is 0 Å². The van der Waals surface area contributed by atoms with Gasteiger partial charge >= 0.3 is 0 Å². The average molecular weight is 581 g/mol. The molecular weight excluding hydrogens is 544 g/mol. The Morgan fingerprint density at radius 2 is 1.40 bits per heavy atom. The lowest BCUT2D eigenvalue weighted by Gasteiger charge is -2.31. The molecule has 2 heterocycles. The first-order valence-corrected chi connectivity index (χ1v) is 15.8. The molecule has 218 valence electrons. The molecule has 0 fully saturated rings. The van der Waals surface area contributed by atoms with Gasteiger partial charge in [0.2, 0.25) is 0 Å². The fourth-order valence-corrected chi connectivity index (χ4v) is 7.03. The van der Waals surface area contributed by atoms with Gasteiger partial charge in [-0.2, -0.15) is 0 Å². The minimum Gasteiger partial charge on any atom is -0.264 e. The van der Waals surface area contributed by atoms with E-state index in [-0.39, 0.29) is 11.8 Å². The fourth-order valence-electron chi connectivity index (χ4n) is 7.03. The van der Waals surface area contributed by atoms with Gasteiger partial charge in [-0.05, 0) is 85.0 Å². The minimum absolute atomic E-state index is 0.169. The minimum atomic E-state index is 0.169. The van der Waals surface area contributed by atoms with Gasteiger partial charge in [-0.1, -0.05) is 130 Å². The van der Waals surface area contributed by atoms with Crippen LogP contribution in [-0.4, -0.2) is 9.97 Å². The van der Waals surface area contributed by atoms with E-state index in [9.17, 15) is 0 Å². The van der Waals surface area contributed by atoms with Crippen molar-refractivity contribution in [2.24, 2.45) is 5.92 Å². The summed E-state index contributed by atoms with van der Waals surface area (Å²) in [4.78, 5) is 8.96. The van der Waals surface area contributed by atoms with Crippen molar-refractivity contribution in [3.8, 4) is 22.3 Å². The van der Waals surface area contributed by atoms with Crippen LogP contribution in [0.1, 0.15) is 36.5 Å².